The van der Waals surface area contributed by atoms with Crippen molar-refractivity contribution in [3.05, 3.63) is 69.1 Å². The Labute approximate surface area is 147 Å². The maximum atomic E-state index is 12.7. The van der Waals surface area contributed by atoms with Crippen molar-refractivity contribution in [2.45, 2.75) is 26.9 Å². The topological polar surface area (TPSA) is 58.6 Å². The Hall–Kier alpha value is -2.96. The predicted molar refractivity (Wildman–Crippen MR) is 92.7 cm³/mol. The van der Waals surface area contributed by atoms with Crippen molar-refractivity contribution < 1.29 is 13.2 Å². The van der Waals surface area contributed by atoms with E-state index in [-0.39, 0.29) is 5.82 Å². The van der Waals surface area contributed by atoms with Crippen LogP contribution in [0.3, 0.4) is 0 Å². The highest BCUT2D eigenvalue weighted by molar-refractivity contribution is 5.67. The summed E-state index contributed by atoms with van der Waals surface area (Å²) >= 11 is 0. The van der Waals surface area contributed by atoms with Gasteiger partial charge in [-0.1, -0.05) is 29.8 Å². The molecule has 26 heavy (non-hydrogen) atoms. The smallest absolute Gasteiger partial charge is 0.290 e. The summed E-state index contributed by atoms with van der Waals surface area (Å²) < 4.78 is 38.1. The largest absolute Gasteiger partial charge is 0.416 e. The quantitative estimate of drug-likeness (QED) is 0.736. The van der Waals surface area contributed by atoms with E-state index < -0.39 is 17.4 Å². The molecule has 0 spiro atoms. The summed E-state index contributed by atoms with van der Waals surface area (Å²) in [7, 11) is 0. The van der Waals surface area contributed by atoms with Crippen LogP contribution in [0.4, 0.5) is 13.2 Å². The highest BCUT2D eigenvalue weighted by Gasteiger charge is 2.30. The monoisotopic (exact) mass is 359 g/mol. The third-order valence-electron chi connectivity index (χ3n) is 4.03. The molecule has 0 aliphatic carbocycles. The van der Waals surface area contributed by atoms with E-state index in [4.69, 9.17) is 0 Å². The van der Waals surface area contributed by atoms with E-state index in [1.807, 2.05) is 32.9 Å². The summed E-state index contributed by atoms with van der Waals surface area (Å²) in [6, 6.07) is 8.36. The number of benzene rings is 2. The first-order chi connectivity index (χ1) is 12.1. The molecule has 1 heterocycles. The van der Waals surface area contributed by atoms with Gasteiger partial charge in [0, 0.05) is 11.1 Å². The summed E-state index contributed by atoms with van der Waals surface area (Å²) in [4.78, 5) is 22.8. The number of nitrogens with zero attached hydrogens (tertiary/aromatic N) is 2. The fourth-order valence-electron chi connectivity index (χ4n) is 2.99. The third kappa shape index (κ3) is 3.51. The van der Waals surface area contributed by atoms with E-state index in [1.165, 1.54) is 12.1 Å². The van der Waals surface area contributed by atoms with Gasteiger partial charge in [-0.25, -0.2) is 9.78 Å². The normalized spacial score (nSPS) is 11.6. The molecule has 0 fully saturated rings. The van der Waals surface area contributed by atoms with E-state index in [0.29, 0.717) is 11.4 Å². The first kappa shape index (κ1) is 17.8. The van der Waals surface area contributed by atoms with Crippen LogP contribution < -0.4 is 5.69 Å². The predicted octanol–water partition coefficient (Wildman–Crippen LogP) is 4.44. The molecule has 0 unspecified atom stereocenters. The summed E-state index contributed by atoms with van der Waals surface area (Å²) in [6.45, 7) is 5.79. The standard InChI is InChI=1S/C19H16F3N3O/c1-10-8-11(2)15(12(3)9-10)17-23-16(24-18(26)25-17)13-4-6-14(7-5-13)19(20,21)22/h4-9H,1-3H3,(H,23,24,25,26). The van der Waals surface area contributed by atoms with Gasteiger partial charge in [0.25, 0.3) is 0 Å². The van der Waals surface area contributed by atoms with E-state index >= 15 is 0 Å². The Bertz CT molecular complexity index is 998. The average molecular weight is 359 g/mol. The molecule has 7 heteroatoms. The number of hydrogen-bond acceptors (Lipinski definition) is 3. The van der Waals surface area contributed by atoms with Crippen LogP contribution in [0.15, 0.2) is 41.2 Å². The lowest BCUT2D eigenvalue weighted by molar-refractivity contribution is -0.137. The SMILES string of the molecule is Cc1cc(C)c(-c2nc(-c3ccc(C(F)(F)F)cc3)nc(=O)[nH]2)c(C)c1. The van der Waals surface area contributed by atoms with E-state index in [1.54, 1.807) is 0 Å². The molecule has 1 N–H and O–H groups in total. The Kier molecular flexibility index (Phi) is 4.39. The lowest BCUT2D eigenvalue weighted by Gasteiger charge is -2.11. The first-order valence-corrected chi connectivity index (χ1v) is 7.89. The van der Waals surface area contributed by atoms with Gasteiger partial charge in [0.1, 0.15) is 5.82 Å². The van der Waals surface area contributed by atoms with Gasteiger partial charge in [-0.3, -0.25) is 4.98 Å². The van der Waals surface area contributed by atoms with Gasteiger partial charge in [0.05, 0.1) is 5.56 Å². The Morgan fingerprint density at radius 2 is 1.50 bits per heavy atom. The lowest BCUT2D eigenvalue weighted by Crippen LogP contribution is -2.15. The zero-order valence-electron chi connectivity index (χ0n) is 14.4. The summed E-state index contributed by atoms with van der Waals surface area (Å²) in [5.74, 6) is 0.423. The molecule has 0 aliphatic heterocycles. The number of hydrogen-bond donors (Lipinski definition) is 1. The minimum absolute atomic E-state index is 0.0804. The molecule has 0 radical (unpaired) electrons. The average Bonchev–Trinajstić information content (AvgIpc) is 2.52. The number of halogens is 3. The molecule has 4 nitrogen and oxygen atoms in total. The molecular formula is C19H16F3N3O. The fourth-order valence-corrected chi connectivity index (χ4v) is 2.99. The van der Waals surface area contributed by atoms with E-state index in [0.717, 1.165) is 34.4 Å². The van der Waals surface area contributed by atoms with Crippen LogP contribution in [0.2, 0.25) is 0 Å². The van der Waals surface area contributed by atoms with Gasteiger partial charge in [-0.15, -0.1) is 0 Å². The number of H-pyrrole nitrogens is 1. The van der Waals surface area contributed by atoms with Gasteiger partial charge in [0.15, 0.2) is 5.82 Å². The van der Waals surface area contributed by atoms with Crippen molar-refractivity contribution in [3.63, 3.8) is 0 Å². The van der Waals surface area contributed by atoms with Crippen LogP contribution in [-0.2, 0) is 6.18 Å². The molecule has 0 saturated heterocycles. The van der Waals surface area contributed by atoms with Gasteiger partial charge in [-0.05, 0) is 44.0 Å². The molecule has 1 aromatic heterocycles. The van der Waals surface area contributed by atoms with Crippen LogP contribution >= 0.6 is 0 Å². The van der Waals surface area contributed by atoms with Gasteiger partial charge >= 0.3 is 11.9 Å². The molecule has 0 atom stereocenters. The minimum Gasteiger partial charge on any atom is -0.290 e. The zero-order chi connectivity index (χ0) is 19.1. The second-order valence-corrected chi connectivity index (χ2v) is 6.17. The van der Waals surface area contributed by atoms with Crippen molar-refractivity contribution in [1.82, 2.24) is 15.0 Å². The van der Waals surface area contributed by atoms with Crippen LogP contribution in [0.25, 0.3) is 22.8 Å². The van der Waals surface area contributed by atoms with Crippen molar-refractivity contribution >= 4 is 0 Å². The van der Waals surface area contributed by atoms with E-state index in [2.05, 4.69) is 15.0 Å². The van der Waals surface area contributed by atoms with Crippen molar-refractivity contribution in [2.24, 2.45) is 0 Å². The molecule has 0 amide bonds. The highest BCUT2D eigenvalue weighted by Crippen LogP contribution is 2.31. The summed E-state index contributed by atoms with van der Waals surface area (Å²) in [5, 5.41) is 0. The molecule has 3 rings (SSSR count). The minimum atomic E-state index is -4.42. The maximum absolute atomic E-state index is 12.7. The molecule has 134 valence electrons. The first-order valence-electron chi connectivity index (χ1n) is 7.89. The lowest BCUT2D eigenvalue weighted by atomic mass is 9.99. The second-order valence-electron chi connectivity index (χ2n) is 6.17. The van der Waals surface area contributed by atoms with Crippen LogP contribution in [0.5, 0.6) is 0 Å². The number of aryl methyl sites for hydroxylation is 3. The molecule has 0 saturated carbocycles. The molecule has 3 aromatic rings. The van der Waals surface area contributed by atoms with Crippen molar-refractivity contribution in [1.29, 1.82) is 0 Å². The van der Waals surface area contributed by atoms with Crippen molar-refractivity contribution in [3.8, 4) is 22.8 Å². The van der Waals surface area contributed by atoms with Crippen LogP contribution in [-0.4, -0.2) is 15.0 Å². The number of aromatic amines is 1. The second kappa shape index (κ2) is 6.40. The fraction of sp³-hybridized carbons (Fsp3) is 0.211. The Balaban J connectivity index is 2.11. The Morgan fingerprint density at radius 1 is 0.923 bits per heavy atom. The molecule has 0 bridgehead atoms. The van der Waals surface area contributed by atoms with Crippen LogP contribution in [0.1, 0.15) is 22.3 Å². The van der Waals surface area contributed by atoms with E-state index in [9.17, 15) is 18.0 Å². The van der Waals surface area contributed by atoms with Gasteiger partial charge < -0.3 is 0 Å². The molecule has 2 aromatic carbocycles. The number of nitrogens with one attached hydrogen (secondary N) is 1. The van der Waals surface area contributed by atoms with Gasteiger partial charge in [0.2, 0.25) is 0 Å². The Morgan fingerprint density at radius 3 is 2.04 bits per heavy atom. The number of rotatable bonds is 2. The number of alkyl halides is 3. The maximum Gasteiger partial charge on any atom is 0.416 e. The summed E-state index contributed by atoms with van der Waals surface area (Å²) in [5.41, 5.74) is 2.71. The molecule has 0 aliphatic rings. The van der Waals surface area contributed by atoms with Crippen molar-refractivity contribution in [2.75, 3.05) is 0 Å². The van der Waals surface area contributed by atoms with Crippen LogP contribution in [0, 0.1) is 20.8 Å². The van der Waals surface area contributed by atoms with Gasteiger partial charge in [-0.2, -0.15) is 18.2 Å². The summed E-state index contributed by atoms with van der Waals surface area (Å²) in [6.07, 6.45) is -4.42. The third-order valence-corrected chi connectivity index (χ3v) is 4.03. The number of aromatic nitrogens is 3. The zero-order valence-corrected chi connectivity index (χ0v) is 14.4. The highest BCUT2D eigenvalue weighted by atomic mass is 19.4. The molecular weight excluding hydrogens is 343 g/mol.